The Bertz CT molecular complexity index is 535. The first-order chi connectivity index (χ1) is 10.6. The van der Waals surface area contributed by atoms with Gasteiger partial charge in [-0.1, -0.05) is 18.2 Å². The lowest BCUT2D eigenvalue weighted by molar-refractivity contribution is -0.134. The third-order valence-electron chi connectivity index (χ3n) is 3.79. The van der Waals surface area contributed by atoms with Crippen LogP contribution in [0, 0.1) is 0 Å². The molecular formula is C17H24N2O3. The van der Waals surface area contributed by atoms with Crippen molar-refractivity contribution >= 4 is 12.0 Å². The molecular weight excluding hydrogens is 280 g/mol. The Labute approximate surface area is 131 Å². The van der Waals surface area contributed by atoms with Crippen molar-refractivity contribution in [1.29, 1.82) is 0 Å². The van der Waals surface area contributed by atoms with Crippen LogP contribution in [0.25, 0.3) is 6.08 Å². The van der Waals surface area contributed by atoms with Gasteiger partial charge < -0.3 is 20.1 Å². The topological polar surface area (TPSA) is 64.8 Å². The van der Waals surface area contributed by atoms with Crippen molar-refractivity contribution in [3.63, 3.8) is 0 Å². The molecule has 5 nitrogen and oxygen atoms in total. The second kappa shape index (κ2) is 7.84. The largest absolute Gasteiger partial charge is 0.493 e. The number of hydrogen-bond acceptors (Lipinski definition) is 4. The number of hydrogen-bond donors (Lipinski definition) is 1. The van der Waals surface area contributed by atoms with Gasteiger partial charge in [-0.15, -0.1) is 0 Å². The zero-order chi connectivity index (χ0) is 15.9. The molecule has 1 amide bonds. The highest BCUT2D eigenvalue weighted by molar-refractivity contribution is 5.78. The van der Waals surface area contributed by atoms with Crippen LogP contribution >= 0.6 is 0 Å². The zero-order valence-corrected chi connectivity index (χ0v) is 13.2. The maximum Gasteiger partial charge on any atom is 0.260 e. The summed E-state index contributed by atoms with van der Waals surface area (Å²) in [5.74, 6) is 1.20. The Kier molecular flexibility index (Phi) is 5.83. The maximum absolute atomic E-state index is 12.2. The molecule has 0 aliphatic carbocycles. The molecule has 0 atom stereocenters. The minimum Gasteiger partial charge on any atom is -0.493 e. The number of allylic oxidation sites excluding steroid dienone is 1. The van der Waals surface area contributed by atoms with Crippen molar-refractivity contribution in [1.82, 2.24) is 4.90 Å². The SMILES string of the molecule is C/C=C/c1ccc(OCC(=O)N2CCC(N)CC2)c(OC)c1. The van der Waals surface area contributed by atoms with Gasteiger partial charge in [-0.3, -0.25) is 4.79 Å². The predicted octanol–water partition coefficient (Wildman–Crippen LogP) is 2.06. The number of nitrogens with zero attached hydrogens (tertiary/aromatic N) is 1. The molecule has 120 valence electrons. The minimum atomic E-state index is -0.00789. The Hall–Kier alpha value is -2.01. The van der Waals surface area contributed by atoms with Crippen molar-refractivity contribution in [3.8, 4) is 11.5 Å². The molecule has 5 heteroatoms. The summed E-state index contributed by atoms with van der Waals surface area (Å²) >= 11 is 0. The van der Waals surface area contributed by atoms with Crippen LogP contribution in [0.15, 0.2) is 24.3 Å². The summed E-state index contributed by atoms with van der Waals surface area (Å²) in [4.78, 5) is 14.0. The number of carbonyl (C=O) groups is 1. The van der Waals surface area contributed by atoms with Crippen LogP contribution in [0.3, 0.4) is 0 Å². The first-order valence-corrected chi connectivity index (χ1v) is 7.61. The van der Waals surface area contributed by atoms with Crippen LogP contribution in [-0.2, 0) is 4.79 Å². The summed E-state index contributed by atoms with van der Waals surface area (Å²) in [6.07, 6.45) is 5.65. The normalized spacial score (nSPS) is 16.0. The van der Waals surface area contributed by atoms with Gasteiger partial charge in [-0.2, -0.15) is 0 Å². The van der Waals surface area contributed by atoms with Crippen LogP contribution in [0.2, 0.25) is 0 Å². The Balaban J connectivity index is 1.94. The van der Waals surface area contributed by atoms with Crippen LogP contribution in [-0.4, -0.2) is 43.7 Å². The third kappa shape index (κ3) is 4.24. The van der Waals surface area contributed by atoms with Gasteiger partial charge >= 0.3 is 0 Å². The summed E-state index contributed by atoms with van der Waals surface area (Å²) in [6, 6.07) is 5.86. The van der Waals surface area contributed by atoms with E-state index in [4.69, 9.17) is 15.2 Å². The number of benzene rings is 1. The molecule has 0 spiro atoms. The number of nitrogens with two attached hydrogens (primary N) is 1. The summed E-state index contributed by atoms with van der Waals surface area (Å²) in [5.41, 5.74) is 6.88. The van der Waals surface area contributed by atoms with Crippen LogP contribution < -0.4 is 15.2 Å². The number of methoxy groups -OCH3 is 1. The summed E-state index contributed by atoms with van der Waals surface area (Å²) in [6.45, 7) is 3.40. The average molecular weight is 304 g/mol. The highest BCUT2D eigenvalue weighted by Crippen LogP contribution is 2.28. The van der Waals surface area contributed by atoms with E-state index >= 15 is 0 Å². The predicted molar refractivity (Wildman–Crippen MR) is 87.0 cm³/mol. The fourth-order valence-electron chi connectivity index (χ4n) is 2.48. The van der Waals surface area contributed by atoms with Gasteiger partial charge in [-0.25, -0.2) is 0 Å². The van der Waals surface area contributed by atoms with Crippen molar-refractivity contribution in [3.05, 3.63) is 29.8 Å². The lowest BCUT2D eigenvalue weighted by atomic mass is 10.1. The summed E-state index contributed by atoms with van der Waals surface area (Å²) in [5, 5.41) is 0. The Morgan fingerprint density at radius 2 is 2.09 bits per heavy atom. The molecule has 1 aliphatic heterocycles. The van der Waals surface area contributed by atoms with E-state index in [9.17, 15) is 4.79 Å². The van der Waals surface area contributed by atoms with Gasteiger partial charge in [0.1, 0.15) is 0 Å². The Morgan fingerprint density at radius 3 is 2.73 bits per heavy atom. The van der Waals surface area contributed by atoms with E-state index in [1.165, 1.54) is 0 Å². The lowest BCUT2D eigenvalue weighted by Crippen LogP contribution is -2.44. The molecule has 0 saturated carbocycles. The first kappa shape index (κ1) is 16.4. The summed E-state index contributed by atoms with van der Waals surface area (Å²) < 4.78 is 11.0. The standard InChI is InChI=1S/C17H24N2O3/c1-3-4-13-5-6-15(16(11-13)21-2)22-12-17(20)19-9-7-14(18)8-10-19/h3-6,11,14H,7-10,12,18H2,1-2H3/b4-3+. The summed E-state index contributed by atoms with van der Waals surface area (Å²) in [7, 11) is 1.59. The van der Waals surface area contributed by atoms with Gasteiger partial charge in [-0.05, 0) is 37.5 Å². The van der Waals surface area contributed by atoms with E-state index in [0.717, 1.165) is 18.4 Å². The molecule has 2 rings (SSSR count). The van der Waals surface area contributed by atoms with Gasteiger partial charge in [0, 0.05) is 19.1 Å². The first-order valence-electron chi connectivity index (χ1n) is 7.61. The van der Waals surface area contributed by atoms with E-state index in [0.29, 0.717) is 24.6 Å². The van der Waals surface area contributed by atoms with Crippen molar-refractivity contribution in [2.24, 2.45) is 5.73 Å². The molecule has 0 radical (unpaired) electrons. The molecule has 1 fully saturated rings. The third-order valence-corrected chi connectivity index (χ3v) is 3.79. The monoisotopic (exact) mass is 304 g/mol. The second-order valence-corrected chi connectivity index (χ2v) is 5.42. The van der Waals surface area contributed by atoms with Crippen LogP contribution in [0.5, 0.6) is 11.5 Å². The van der Waals surface area contributed by atoms with Crippen molar-refractivity contribution < 1.29 is 14.3 Å². The molecule has 22 heavy (non-hydrogen) atoms. The van der Waals surface area contributed by atoms with E-state index in [1.54, 1.807) is 7.11 Å². The van der Waals surface area contributed by atoms with Gasteiger partial charge in [0.2, 0.25) is 0 Å². The van der Waals surface area contributed by atoms with Gasteiger partial charge in [0.05, 0.1) is 7.11 Å². The number of rotatable bonds is 5. The van der Waals surface area contributed by atoms with E-state index in [-0.39, 0.29) is 18.6 Å². The quantitative estimate of drug-likeness (QED) is 0.904. The molecule has 1 aromatic rings. The minimum absolute atomic E-state index is 0.00789. The molecule has 1 heterocycles. The fourth-order valence-corrected chi connectivity index (χ4v) is 2.48. The fraction of sp³-hybridized carbons (Fsp3) is 0.471. The zero-order valence-electron chi connectivity index (χ0n) is 13.2. The molecule has 1 aromatic carbocycles. The molecule has 0 aromatic heterocycles. The van der Waals surface area contributed by atoms with Gasteiger partial charge in [0.15, 0.2) is 18.1 Å². The molecule has 2 N–H and O–H groups in total. The highest BCUT2D eigenvalue weighted by atomic mass is 16.5. The molecule has 1 saturated heterocycles. The maximum atomic E-state index is 12.2. The van der Waals surface area contributed by atoms with Crippen LogP contribution in [0.1, 0.15) is 25.3 Å². The van der Waals surface area contributed by atoms with E-state index < -0.39 is 0 Å². The van der Waals surface area contributed by atoms with Gasteiger partial charge in [0.25, 0.3) is 5.91 Å². The lowest BCUT2D eigenvalue weighted by Gasteiger charge is -2.30. The second-order valence-electron chi connectivity index (χ2n) is 5.42. The highest BCUT2D eigenvalue weighted by Gasteiger charge is 2.21. The number of carbonyl (C=O) groups excluding carboxylic acids is 1. The number of piperidine rings is 1. The number of amides is 1. The number of likely N-dealkylation sites (tertiary alicyclic amines) is 1. The van der Waals surface area contributed by atoms with E-state index in [1.807, 2.05) is 42.2 Å². The smallest absolute Gasteiger partial charge is 0.260 e. The molecule has 0 unspecified atom stereocenters. The van der Waals surface area contributed by atoms with E-state index in [2.05, 4.69) is 0 Å². The Morgan fingerprint density at radius 1 is 1.36 bits per heavy atom. The number of ether oxygens (including phenoxy) is 2. The average Bonchev–Trinajstić information content (AvgIpc) is 2.54. The van der Waals surface area contributed by atoms with Crippen molar-refractivity contribution in [2.45, 2.75) is 25.8 Å². The molecule has 1 aliphatic rings. The van der Waals surface area contributed by atoms with Crippen molar-refractivity contribution in [2.75, 3.05) is 26.8 Å². The molecule has 0 bridgehead atoms. The van der Waals surface area contributed by atoms with Crippen LogP contribution in [0.4, 0.5) is 0 Å².